The number of hydrogen-bond donors (Lipinski definition) is 0. The van der Waals surface area contributed by atoms with Gasteiger partial charge in [-0.2, -0.15) is 5.10 Å². The summed E-state index contributed by atoms with van der Waals surface area (Å²) in [6.45, 7) is 8.15. The van der Waals surface area contributed by atoms with Gasteiger partial charge < -0.3 is 9.31 Å². The van der Waals surface area contributed by atoms with Crippen molar-refractivity contribution in [2.75, 3.05) is 0 Å². The number of hydrogen-bond acceptors (Lipinski definition) is 3. The molecule has 0 bridgehead atoms. The van der Waals surface area contributed by atoms with E-state index in [1.807, 2.05) is 62.7 Å². The molecule has 0 amide bonds. The fraction of sp³-hybridized carbons (Fsp3) is 0.353. The van der Waals surface area contributed by atoms with Crippen LogP contribution in [0.3, 0.4) is 0 Å². The molecule has 0 aliphatic carbocycles. The van der Waals surface area contributed by atoms with Gasteiger partial charge in [-0.3, -0.25) is 0 Å². The first-order valence-corrected chi connectivity index (χ1v) is 7.31. The molecule has 0 unspecified atom stereocenters. The minimum absolute atomic E-state index is 0.375. The molecule has 1 aliphatic rings. The van der Waals surface area contributed by atoms with Gasteiger partial charge in [0.2, 0.25) is 0 Å². The van der Waals surface area contributed by atoms with E-state index < -0.39 is 7.12 Å². The maximum Gasteiger partial charge on any atom is 0.514 e. The van der Waals surface area contributed by atoms with Crippen molar-refractivity contribution in [2.45, 2.75) is 38.9 Å². The van der Waals surface area contributed by atoms with Crippen LogP contribution in [0.15, 0.2) is 36.5 Å². The summed E-state index contributed by atoms with van der Waals surface area (Å²) in [4.78, 5) is 0. The van der Waals surface area contributed by atoms with Crippen LogP contribution in [0.5, 0.6) is 0 Å². The number of rotatable bonds is 2. The average Bonchev–Trinajstić information content (AvgIpc) is 3.02. The van der Waals surface area contributed by atoms with Crippen molar-refractivity contribution < 1.29 is 9.31 Å². The van der Waals surface area contributed by atoms with Gasteiger partial charge in [-0.05, 0) is 58.0 Å². The third-order valence-electron chi connectivity index (χ3n) is 4.45. The highest BCUT2D eigenvalue weighted by Gasteiger charge is 2.52. The molecule has 22 heavy (non-hydrogen) atoms. The Kier molecular flexibility index (Phi) is 3.39. The normalized spacial score (nSPS) is 19.1. The largest absolute Gasteiger partial charge is 0.514 e. The maximum absolute atomic E-state index is 6.10. The molecule has 112 valence electrons. The molecule has 0 saturated carbocycles. The second-order valence-corrected chi connectivity index (χ2v) is 6.45. The Hall–Kier alpha value is -2.03. The molecule has 4 nitrogen and oxygen atoms in total. The monoisotopic (exact) mass is 294 g/mol. The van der Waals surface area contributed by atoms with Crippen molar-refractivity contribution in [1.82, 2.24) is 9.78 Å². The lowest BCUT2D eigenvalue weighted by molar-refractivity contribution is 0.00578. The molecule has 2 aromatic rings. The molecule has 0 atom stereocenters. The molecule has 5 heteroatoms. The molecule has 3 rings (SSSR count). The molecule has 0 spiro atoms. The third-order valence-corrected chi connectivity index (χ3v) is 4.45. The average molecular weight is 294 g/mol. The first-order valence-electron chi connectivity index (χ1n) is 7.31. The van der Waals surface area contributed by atoms with E-state index in [1.165, 1.54) is 0 Å². The van der Waals surface area contributed by atoms with Crippen molar-refractivity contribution >= 4 is 12.7 Å². The Morgan fingerprint density at radius 3 is 2.18 bits per heavy atom. The number of aromatic nitrogens is 2. The van der Waals surface area contributed by atoms with Crippen LogP contribution >= 0.6 is 0 Å². The second kappa shape index (κ2) is 5.01. The zero-order chi connectivity index (χ0) is 16.0. The summed E-state index contributed by atoms with van der Waals surface area (Å²) in [6, 6.07) is 9.58. The molecule has 1 aromatic heterocycles. The number of terminal acetylenes is 1. The molecule has 1 fully saturated rings. The summed E-state index contributed by atoms with van der Waals surface area (Å²) < 4.78 is 14.0. The standard InChI is InChI=1S/C17H19BN2O2/c1-6-13-7-9-14(10-8-13)20-15(11-12-19-20)18-21-16(2,3)17(4,5)22-18/h1,7-12H,2-5H3. The number of benzene rings is 1. The lowest BCUT2D eigenvalue weighted by atomic mass is 9.84. The zero-order valence-corrected chi connectivity index (χ0v) is 13.3. The first kappa shape index (κ1) is 14.9. The predicted molar refractivity (Wildman–Crippen MR) is 87.2 cm³/mol. The lowest BCUT2D eigenvalue weighted by Crippen LogP contribution is -2.41. The zero-order valence-electron chi connectivity index (χ0n) is 13.3. The van der Waals surface area contributed by atoms with Crippen LogP contribution in [0.25, 0.3) is 5.69 Å². The van der Waals surface area contributed by atoms with Gasteiger partial charge in [0.1, 0.15) is 0 Å². The minimum Gasteiger partial charge on any atom is -0.398 e. The van der Waals surface area contributed by atoms with E-state index >= 15 is 0 Å². The summed E-state index contributed by atoms with van der Waals surface area (Å²) in [5.41, 5.74) is 1.88. The lowest BCUT2D eigenvalue weighted by Gasteiger charge is -2.32. The molecular formula is C17H19BN2O2. The Bertz CT molecular complexity index is 710. The third kappa shape index (κ3) is 2.35. The van der Waals surface area contributed by atoms with Crippen molar-refractivity contribution in [3.05, 3.63) is 42.1 Å². The van der Waals surface area contributed by atoms with Crippen LogP contribution in [0.1, 0.15) is 33.3 Å². The molecule has 1 aliphatic heterocycles. The highest BCUT2D eigenvalue weighted by Crippen LogP contribution is 2.36. The topological polar surface area (TPSA) is 36.3 Å². The first-order chi connectivity index (χ1) is 10.3. The van der Waals surface area contributed by atoms with E-state index in [1.54, 1.807) is 6.20 Å². The summed E-state index contributed by atoms with van der Waals surface area (Å²) in [6.07, 6.45) is 7.14. The van der Waals surface area contributed by atoms with Crippen LogP contribution < -0.4 is 5.59 Å². The second-order valence-electron chi connectivity index (χ2n) is 6.45. The van der Waals surface area contributed by atoms with Gasteiger partial charge in [0, 0.05) is 11.8 Å². The molecular weight excluding hydrogens is 275 g/mol. The quantitative estimate of drug-likeness (QED) is 0.629. The van der Waals surface area contributed by atoms with E-state index in [2.05, 4.69) is 11.0 Å². The van der Waals surface area contributed by atoms with Crippen LogP contribution in [-0.4, -0.2) is 28.1 Å². The smallest absolute Gasteiger partial charge is 0.398 e. The van der Waals surface area contributed by atoms with Gasteiger partial charge in [-0.25, -0.2) is 4.68 Å². The van der Waals surface area contributed by atoms with Crippen molar-refractivity contribution in [3.63, 3.8) is 0 Å². The summed E-state index contributed by atoms with van der Waals surface area (Å²) >= 11 is 0. The van der Waals surface area contributed by atoms with Gasteiger partial charge in [0.05, 0.1) is 22.5 Å². The van der Waals surface area contributed by atoms with Crippen LogP contribution in [0, 0.1) is 12.3 Å². The van der Waals surface area contributed by atoms with E-state index in [0.29, 0.717) is 0 Å². The number of nitrogens with zero attached hydrogens (tertiary/aromatic N) is 2. The van der Waals surface area contributed by atoms with E-state index in [-0.39, 0.29) is 11.2 Å². The van der Waals surface area contributed by atoms with Crippen LogP contribution in [0.2, 0.25) is 0 Å². The van der Waals surface area contributed by atoms with Crippen molar-refractivity contribution in [3.8, 4) is 18.0 Å². The SMILES string of the molecule is C#Cc1ccc(-n2nccc2B2OC(C)(C)C(C)(C)O2)cc1. The molecule has 0 N–H and O–H groups in total. The molecule has 1 aromatic carbocycles. The van der Waals surface area contributed by atoms with Gasteiger partial charge in [0.25, 0.3) is 0 Å². The Labute approximate surface area is 131 Å². The molecule has 1 saturated heterocycles. The Balaban J connectivity index is 1.95. The minimum atomic E-state index is -0.445. The maximum atomic E-state index is 6.10. The Morgan fingerprint density at radius 2 is 1.64 bits per heavy atom. The highest BCUT2D eigenvalue weighted by atomic mass is 16.7. The molecule has 0 radical (unpaired) electrons. The van der Waals surface area contributed by atoms with Crippen molar-refractivity contribution in [1.29, 1.82) is 0 Å². The summed E-state index contributed by atoms with van der Waals surface area (Å²) in [5.74, 6) is 2.61. The van der Waals surface area contributed by atoms with Gasteiger partial charge in [-0.1, -0.05) is 5.92 Å². The van der Waals surface area contributed by atoms with E-state index in [0.717, 1.165) is 16.8 Å². The predicted octanol–water partition coefficient (Wildman–Crippen LogP) is 2.15. The van der Waals surface area contributed by atoms with Gasteiger partial charge >= 0.3 is 7.12 Å². The van der Waals surface area contributed by atoms with Crippen LogP contribution in [-0.2, 0) is 9.31 Å². The molecule has 2 heterocycles. The van der Waals surface area contributed by atoms with Gasteiger partial charge in [0.15, 0.2) is 0 Å². The summed E-state index contributed by atoms with van der Waals surface area (Å²) in [5, 5.41) is 4.39. The van der Waals surface area contributed by atoms with E-state index in [9.17, 15) is 0 Å². The summed E-state index contributed by atoms with van der Waals surface area (Å²) in [7, 11) is -0.445. The van der Waals surface area contributed by atoms with Gasteiger partial charge in [-0.15, -0.1) is 6.42 Å². The van der Waals surface area contributed by atoms with Crippen molar-refractivity contribution in [2.24, 2.45) is 0 Å². The Morgan fingerprint density at radius 1 is 1.05 bits per heavy atom. The fourth-order valence-electron chi connectivity index (χ4n) is 2.37. The highest BCUT2D eigenvalue weighted by molar-refractivity contribution is 6.61. The fourth-order valence-corrected chi connectivity index (χ4v) is 2.37. The van der Waals surface area contributed by atoms with E-state index in [4.69, 9.17) is 15.7 Å². The van der Waals surface area contributed by atoms with Crippen LogP contribution in [0.4, 0.5) is 0 Å².